The smallest absolute Gasteiger partial charge is 0.290 e. The molecule has 0 aliphatic rings. The van der Waals surface area contributed by atoms with Crippen molar-refractivity contribution in [1.29, 1.82) is 0 Å². The van der Waals surface area contributed by atoms with Crippen molar-refractivity contribution in [3.05, 3.63) is 70.0 Å². The van der Waals surface area contributed by atoms with Crippen molar-refractivity contribution < 1.29 is 9.59 Å². The Kier molecular flexibility index (Phi) is 6.74. The summed E-state index contributed by atoms with van der Waals surface area (Å²) in [5, 5.41) is 5.10. The Hall–Kier alpha value is -2.61. The topological polar surface area (TPSA) is 84.0 Å². The van der Waals surface area contributed by atoms with E-state index in [4.69, 9.17) is 23.2 Å². The van der Waals surface area contributed by atoms with Crippen LogP contribution in [0.25, 0.3) is 11.3 Å². The Bertz CT molecular complexity index is 1070. The fourth-order valence-electron chi connectivity index (χ4n) is 2.57. The van der Waals surface area contributed by atoms with Crippen molar-refractivity contribution in [2.24, 2.45) is 0 Å². The number of nitrogens with one attached hydrogen (secondary N) is 2. The second kappa shape index (κ2) is 9.26. The lowest BCUT2D eigenvalue weighted by Gasteiger charge is -2.12. The van der Waals surface area contributed by atoms with E-state index in [1.807, 2.05) is 30.5 Å². The maximum atomic E-state index is 12.4. The van der Waals surface area contributed by atoms with Crippen LogP contribution in [0.5, 0.6) is 0 Å². The van der Waals surface area contributed by atoms with E-state index in [9.17, 15) is 9.59 Å². The molecule has 1 aromatic heterocycles. The minimum Gasteiger partial charge on any atom is -0.290 e. The van der Waals surface area contributed by atoms with Crippen LogP contribution in [-0.4, -0.2) is 28.2 Å². The number of amides is 3. The molecule has 3 rings (SSSR count). The van der Waals surface area contributed by atoms with Gasteiger partial charge in [0.15, 0.2) is 5.82 Å². The van der Waals surface area contributed by atoms with Crippen LogP contribution in [0.2, 0.25) is 10.0 Å². The number of carbonyl (C=O) groups is 2. The van der Waals surface area contributed by atoms with E-state index >= 15 is 0 Å². The molecule has 0 aliphatic carbocycles. The van der Waals surface area contributed by atoms with Crippen LogP contribution in [0.1, 0.15) is 16.1 Å². The van der Waals surface area contributed by atoms with Gasteiger partial charge in [-0.05, 0) is 37.4 Å². The van der Waals surface area contributed by atoms with Crippen molar-refractivity contribution in [3.63, 3.8) is 0 Å². The van der Waals surface area contributed by atoms with Gasteiger partial charge in [-0.3, -0.25) is 20.4 Å². The highest BCUT2D eigenvalue weighted by molar-refractivity contribution is 7.98. The van der Waals surface area contributed by atoms with Crippen molar-refractivity contribution in [2.45, 2.75) is 11.8 Å². The summed E-state index contributed by atoms with van der Waals surface area (Å²) in [4.78, 5) is 34.7. The summed E-state index contributed by atoms with van der Waals surface area (Å²) in [6.45, 7) is 1.76. The number of thioether (sulfide) groups is 1. The zero-order valence-corrected chi connectivity index (χ0v) is 17.8. The third-order valence-corrected chi connectivity index (χ3v) is 5.24. The number of nitrogens with zero attached hydrogens (tertiary/aromatic N) is 2. The van der Waals surface area contributed by atoms with Gasteiger partial charge in [-0.1, -0.05) is 41.4 Å². The average molecular weight is 447 g/mol. The normalized spacial score (nSPS) is 10.5. The van der Waals surface area contributed by atoms with Gasteiger partial charge in [-0.15, -0.1) is 11.8 Å². The number of anilines is 1. The summed E-state index contributed by atoms with van der Waals surface area (Å²) in [5.41, 5.74) is 1.92. The minimum absolute atomic E-state index is 0.0224. The Morgan fingerprint density at radius 1 is 1.07 bits per heavy atom. The van der Waals surface area contributed by atoms with E-state index in [-0.39, 0.29) is 21.4 Å². The number of aromatic nitrogens is 2. The molecule has 2 N–H and O–H groups in total. The van der Waals surface area contributed by atoms with Gasteiger partial charge >= 0.3 is 6.03 Å². The van der Waals surface area contributed by atoms with Gasteiger partial charge in [-0.2, -0.15) is 0 Å². The molecule has 0 saturated carbocycles. The fraction of sp³-hybridized carbons (Fsp3) is 0.100. The summed E-state index contributed by atoms with van der Waals surface area (Å²) in [6.07, 6.45) is 3.58. The molecule has 9 heteroatoms. The number of urea groups is 1. The second-order valence-electron chi connectivity index (χ2n) is 5.95. The number of carbonyl (C=O) groups excluding carboxylic acids is 2. The number of rotatable bonds is 4. The van der Waals surface area contributed by atoms with E-state index in [0.29, 0.717) is 11.4 Å². The summed E-state index contributed by atoms with van der Waals surface area (Å²) in [7, 11) is 0. The van der Waals surface area contributed by atoms with Crippen molar-refractivity contribution in [2.75, 3.05) is 11.6 Å². The van der Waals surface area contributed by atoms with Crippen molar-refractivity contribution in [3.8, 4) is 11.3 Å². The van der Waals surface area contributed by atoms with Crippen LogP contribution in [0.3, 0.4) is 0 Å². The second-order valence-corrected chi connectivity index (χ2v) is 7.64. The molecule has 0 unspecified atom stereocenters. The van der Waals surface area contributed by atoms with Gasteiger partial charge in [0.1, 0.15) is 5.69 Å². The fourth-order valence-corrected chi connectivity index (χ4v) is 3.59. The molecule has 148 valence electrons. The van der Waals surface area contributed by atoms with Crippen molar-refractivity contribution >= 4 is 52.7 Å². The molecule has 0 aliphatic heterocycles. The quantitative estimate of drug-likeness (QED) is 0.520. The van der Waals surface area contributed by atoms with Crippen LogP contribution in [-0.2, 0) is 0 Å². The molecule has 1 heterocycles. The van der Waals surface area contributed by atoms with Crippen molar-refractivity contribution in [1.82, 2.24) is 15.3 Å². The standard InChI is InChI=1S/C20H16Cl2N4O2S/c1-11-10-23-17(12-5-3-6-13(9-12)29-2)18(24-11)25-20(28)26-19(27)16-14(21)7-4-8-15(16)22/h3-10H,1-2H3,(H2,24,25,26,27,28). The molecule has 29 heavy (non-hydrogen) atoms. The third kappa shape index (κ3) is 5.06. The van der Waals surface area contributed by atoms with Gasteiger partial charge in [0, 0.05) is 16.7 Å². The van der Waals surface area contributed by atoms with Crippen LogP contribution >= 0.6 is 35.0 Å². The molecule has 0 bridgehead atoms. The maximum Gasteiger partial charge on any atom is 0.327 e. The van der Waals surface area contributed by atoms with Gasteiger partial charge < -0.3 is 0 Å². The molecule has 0 saturated heterocycles. The Labute approximate surface area is 182 Å². The first-order chi connectivity index (χ1) is 13.9. The van der Waals surface area contributed by atoms with E-state index in [0.717, 1.165) is 10.5 Å². The first kappa shape index (κ1) is 21.1. The van der Waals surface area contributed by atoms with Gasteiger partial charge in [0.05, 0.1) is 21.3 Å². The zero-order valence-electron chi connectivity index (χ0n) is 15.5. The molecular weight excluding hydrogens is 431 g/mol. The summed E-state index contributed by atoms with van der Waals surface area (Å²) < 4.78 is 0. The van der Waals surface area contributed by atoms with Gasteiger partial charge in [0.25, 0.3) is 5.91 Å². The van der Waals surface area contributed by atoms with E-state index < -0.39 is 11.9 Å². The van der Waals surface area contributed by atoms with Crippen LogP contribution in [0.15, 0.2) is 53.6 Å². The maximum absolute atomic E-state index is 12.4. The number of hydrogen-bond donors (Lipinski definition) is 2. The highest BCUT2D eigenvalue weighted by Crippen LogP contribution is 2.28. The predicted octanol–water partition coefficient (Wildman–Crippen LogP) is 5.44. The lowest BCUT2D eigenvalue weighted by molar-refractivity contribution is 0.0967. The zero-order chi connectivity index (χ0) is 21.0. The van der Waals surface area contributed by atoms with Crippen LogP contribution < -0.4 is 10.6 Å². The lowest BCUT2D eigenvalue weighted by atomic mass is 10.1. The summed E-state index contributed by atoms with van der Waals surface area (Å²) >= 11 is 13.6. The first-order valence-electron chi connectivity index (χ1n) is 8.43. The van der Waals surface area contributed by atoms with Gasteiger partial charge in [0.2, 0.25) is 0 Å². The number of halogens is 2. The number of benzene rings is 2. The number of hydrogen-bond acceptors (Lipinski definition) is 5. The van der Waals surface area contributed by atoms with Crippen LogP contribution in [0.4, 0.5) is 10.6 Å². The molecule has 2 aromatic carbocycles. The van der Waals surface area contributed by atoms with Gasteiger partial charge in [-0.25, -0.2) is 9.78 Å². The van der Waals surface area contributed by atoms with E-state index in [1.54, 1.807) is 30.9 Å². The monoisotopic (exact) mass is 446 g/mol. The van der Waals surface area contributed by atoms with Crippen LogP contribution in [0, 0.1) is 6.92 Å². The number of imide groups is 1. The number of aryl methyl sites for hydroxylation is 1. The highest BCUT2D eigenvalue weighted by Gasteiger charge is 2.19. The first-order valence-corrected chi connectivity index (χ1v) is 10.4. The molecule has 3 amide bonds. The Morgan fingerprint density at radius 2 is 1.76 bits per heavy atom. The molecule has 6 nitrogen and oxygen atoms in total. The largest absolute Gasteiger partial charge is 0.327 e. The molecular formula is C20H16Cl2N4O2S. The highest BCUT2D eigenvalue weighted by atomic mass is 35.5. The van der Waals surface area contributed by atoms with E-state index in [1.165, 1.54) is 12.1 Å². The Balaban J connectivity index is 1.85. The summed E-state index contributed by atoms with van der Waals surface area (Å²) in [6, 6.07) is 11.6. The molecule has 0 spiro atoms. The molecule has 3 aromatic rings. The third-order valence-electron chi connectivity index (χ3n) is 3.88. The molecule has 0 radical (unpaired) electrons. The Morgan fingerprint density at radius 3 is 2.45 bits per heavy atom. The lowest BCUT2D eigenvalue weighted by Crippen LogP contribution is -2.35. The minimum atomic E-state index is -0.770. The SMILES string of the molecule is CSc1cccc(-c2ncc(C)nc2NC(=O)NC(=O)c2c(Cl)cccc2Cl)c1. The molecule has 0 atom stereocenters. The molecule has 0 fully saturated rings. The average Bonchev–Trinajstić information content (AvgIpc) is 2.68. The predicted molar refractivity (Wildman–Crippen MR) is 117 cm³/mol. The van der Waals surface area contributed by atoms with E-state index in [2.05, 4.69) is 20.6 Å². The summed E-state index contributed by atoms with van der Waals surface area (Å²) in [5.74, 6) is -0.483.